The maximum absolute atomic E-state index is 2.55. The Labute approximate surface area is 75.5 Å². The summed E-state index contributed by atoms with van der Waals surface area (Å²) in [7, 11) is 2.26. The van der Waals surface area contributed by atoms with E-state index in [0.717, 1.165) is 0 Å². The van der Waals surface area contributed by atoms with E-state index in [1.165, 1.54) is 45.6 Å². The third-order valence-electron chi connectivity index (χ3n) is 3.42. The van der Waals surface area contributed by atoms with Crippen LogP contribution in [0.1, 0.15) is 19.8 Å². The van der Waals surface area contributed by atoms with Gasteiger partial charge in [0.25, 0.3) is 0 Å². The highest BCUT2D eigenvalue weighted by Crippen LogP contribution is 2.38. The zero-order chi connectivity index (χ0) is 8.60. The lowest BCUT2D eigenvalue weighted by Crippen LogP contribution is -2.62. The van der Waals surface area contributed by atoms with Crippen LogP contribution in [0.5, 0.6) is 0 Å². The maximum Gasteiger partial charge on any atom is 0.00851 e. The molecule has 2 saturated heterocycles. The molecule has 1 spiro atoms. The minimum absolute atomic E-state index is 0.697. The monoisotopic (exact) mass is 168 g/mol. The Kier molecular flexibility index (Phi) is 2.13. The Hall–Kier alpha value is -0.0800. The van der Waals surface area contributed by atoms with E-state index in [1.807, 2.05) is 0 Å². The topological polar surface area (TPSA) is 6.48 Å². The second kappa shape index (κ2) is 3.00. The van der Waals surface area contributed by atoms with Crippen LogP contribution in [0.25, 0.3) is 0 Å². The Morgan fingerprint density at radius 3 is 2.58 bits per heavy atom. The molecule has 2 fully saturated rings. The molecule has 2 rings (SSSR count). The fraction of sp³-hybridized carbons (Fsp3) is 1.00. The molecule has 0 aromatic rings. The van der Waals surface area contributed by atoms with Crippen LogP contribution in [0.15, 0.2) is 0 Å². The van der Waals surface area contributed by atoms with E-state index in [0.29, 0.717) is 5.41 Å². The van der Waals surface area contributed by atoms with Gasteiger partial charge in [0.05, 0.1) is 0 Å². The number of hydrogen-bond donors (Lipinski definition) is 0. The van der Waals surface area contributed by atoms with Crippen molar-refractivity contribution in [3.05, 3.63) is 0 Å². The van der Waals surface area contributed by atoms with Crippen molar-refractivity contribution in [2.24, 2.45) is 5.41 Å². The largest absolute Gasteiger partial charge is 0.306 e. The summed E-state index contributed by atoms with van der Waals surface area (Å²) < 4.78 is 0. The fourth-order valence-electron chi connectivity index (χ4n) is 2.84. The third-order valence-corrected chi connectivity index (χ3v) is 3.42. The fourth-order valence-corrected chi connectivity index (χ4v) is 2.84. The van der Waals surface area contributed by atoms with E-state index >= 15 is 0 Å². The summed E-state index contributed by atoms with van der Waals surface area (Å²) in [4.78, 5) is 5.05. The van der Waals surface area contributed by atoms with E-state index in [1.54, 1.807) is 0 Å². The van der Waals surface area contributed by atoms with Gasteiger partial charge in [0.1, 0.15) is 0 Å². The van der Waals surface area contributed by atoms with Crippen LogP contribution >= 0.6 is 0 Å². The van der Waals surface area contributed by atoms with Crippen molar-refractivity contribution >= 4 is 0 Å². The second-order valence-electron chi connectivity index (χ2n) is 4.64. The standard InChI is InChI=1S/C10H20N2/c1-3-12-8-10(9-12)5-4-6-11(2)7-10/h3-9H2,1-2H3. The van der Waals surface area contributed by atoms with Gasteiger partial charge < -0.3 is 9.80 Å². The lowest BCUT2D eigenvalue weighted by Gasteiger charge is -2.54. The average Bonchev–Trinajstić information content (AvgIpc) is 1.99. The van der Waals surface area contributed by atoms with E-state index in [-0.39, 0.29) is 0 Å². The van der Waals surface area contributed by atoms with Crippen molar-refractivity contribution in [3.63, 3.8) is 0 Å². The van der Waals surface area contributed by atoms with Crippen LogP contribution in [0.4, 0.5) is 0 Å². The highest BCUT2D eigenvalue weighted by Gasteiger charge is 2.43. The van der Waals surface area contributed by atoms with Gasteiger partial charge in [-0.1, -0.05) is 6.92 Å². The molecule has 0 aromatic heterocycles. The quantitative estimate of drug-likeness (QED) is 0.577. The molecule has 70 valence electrons. The van der Waals surface area contributed by atoms with E-state index in [9.17, 15) is 0 Å². The van der Waals surface area contributed by atoms with Gasteiger partial charge in [-0.25, -0.2) is 0 Å². The molecule has 0 atom stereocenters. The average molecular weight is 168 g/mol. The Morgan fingerprint density at radius 1 is 1.25 bits per heavy atom. The van der Waals surface area contributed by atoms with E-state index < -0.39 is 0 Å². The van der Waals surface area contributed by atoms with Crippen molar-refractivity contribution in [2.75, 3.05) is 39.8 Å². The first-order valence-electron chi connectivity index (χ1n) is 5.15. The first kappa shape index (κ1) is 8.52. The molecule has 0 bridgehead atoms. The summed E-state index contributed by atoms with van der Waals surface area (Å²) in [6.45, 7) is 8.86. The number of nitrogens with zero attached hydrogens (tertiary/aromatic N) is 2. The molecule has 0 unspecified atom stereocenters. The molecule has 0 N–H and O–H groups in total. The summed E-state index contributed by atoms with van der Waals surface area (Å²) in [5.41, 5.74) is 0.697. The Balaban J connectivity index is 1.88. The first-order valence-corrected chi connectivity index (χ1v) is 5.15. The normalized spacial score (nSPS) is 30.5. The third kappa shape index (κ3) is 1.38. The Bertz CT molecular complexity index is 161. The molecule has 2 heteroatoms. The predicted octanol–water partition coefficient (Wildman–Crippen LogP) is 1.03. The smallest absolute Gasteiger partial charge is 0.00851 e. The highest BCUT2D eigenvalue weighted by atomic mass is 15.2. The summed E-state index contributed by atoms with van der Waals surface area (Å²) in [5.74, 6) is 0. The van der Waals surface area contributed by atoms with Crippen molar-refractivity contribution in [3.8, 4) is 0 Å². The first-order chi connectivity index (χ1) is 5.74. The SMILES string of the molecule is CCN1CC2(CCCN(C)C2)C1. The van der Waals surface area contributed by atoms with Crippen LogP contribution in [0, 0.1) is 5.41 Å². The number of rotatable bonds is 1. The van der Waals surface area contributed by atoms with Crippen molar-refractivity contribution < 1.29 is 0 Å². The van der Waals surface area contributed by atoms with Crippen molar-refractivity contribution in [1.82, 2.24) is 9.80 Å². The molecule has 0 radical (unpaired) electrons. The number of likely N-dealkylation sites (tertiary alicyclic amines) is 2. The van der Waals surface area contributed by atoms with Crippen molar-refractivity contribution in [2.45, 2.75) is 19.8 Å². The van der Waals surface area contributed by atoms with Crippen LogP contribution in [-0.4, -0.2) is 49.6 Å². The number of piperidine rings is 1. The highest BCUT2D eigenvalue weighted by molar-refractivity contribution is 4.98. The molecule has 2 nitrogen and oxygen atoms in total. The minimum atomic E-state index is 0.697. The number of hydrogen-bond acceptors (Lipinski definition) is 2. The molecule has 0 aliphatic carbocycles. The molecule has 0 aromatic carbocycles. The van der Waals surface area contributed by atoms with Gasteiger partial charge in [-0.15, -0.1) is 0 Å². The van der Waals surface area contributed by atoms with Crippen molar-refractivity contribution in [1.29, 1.82) is 0 Å². The maximum atomic E-state index is 2.55. The summed E-state index contributed by atoms with van der Waals surface area (Å²) >= 11 is 0. The van der Waals surface area contributed by atoms with Gasteiger partial charge >= 0.3 is 0 Å². The van der Waals surface area contributed by atoms with Crippen LogP contribution in [0.3, 0.4) is 0 Å². The molecule has 0 amide bonds. The molecule has 2 aliphatic rings. The molecule has 12 heavy (non-hydrogen) atoms. The molecule has 2 heterocycles. The Morgan fingerprint density at radius 2 is 2.00 bits per heavy atom. The zero-order valence-corrected chi connectivity index (χ0v) is 8.34. The van der Waals surface area contributed by atoms with Gasteiger partial charge in [0, 0.05) is 25.0 Å². The second-order valence-corrected chi connectivity index (χ2v) is 4.64. The lowest BCUT2D eigenvalue weighted by molar-refractivity contribution is -0.0450. The zero-order valence-electron chi connectivity index (χ0n) is 8.34. The van der Waals surface area contributed by atoms with Gasteiger partial charge in [0.2, 0.25) is 0 Å². The summed E-state index contributed by atoms with van der Waals surface area (Å²) in [5, 5.41) is 0. The van der Waals surface area contributed by atoms with E-state index in [4.69, 9.17) is 0 Å². The molecule has 2 aliphatic heterocycles. The molecular formula is C10H20N2. The predicted molar refractivity (Wildman–Crippen MR) is 51.3 cm³/mol. The van der Waals surface area contributed by atoms with Gasteiger partial charge in [0.15, 0.2) is 0 Å². The van der Waals surface area contributed by atoms with Gasteiger partial charge in [-0.05, 0) is 33.0 Å². The summed E-state index contributed by atoms with van der Waals surface area (Å²) in [6.07, 6.45) is 2.88. The minimum Gasteiger partial charge on any atom is -0.306 e. The van der Waals surface area contributed by atoms with Gasteiger partial charge in [-0.3, -0.25) is 0 Å². The molecular weight excluding hydrogens is 148 g/mol. The van der Waals surface area contributed by atoms with Crippen LogP contribution < -0.4 is 0 Å². The van der Waals surface area contributed by atoms with E-state index in [2.05, 4.69) is 23.8 Å². The van der Waals surface area contributed by atoms with Crippen LogP contribution in [0.2, 0.25) is 0 Å². The van der Waals surface area contributed by atoms with Gasteiger partial charge in [-0.2, -0.15) is 0 Å². The van der Waals surface area contributed by atoms with Crippen LogP contribution in [-0.2, 0) is 0 Å². The molecule has 0 saturated carbocycles. The lowest BCUT2D eigenvalue weighted by atomic mass is 9.73. The summed E-state index contributed by atoms with van der Waals surface area (Å²) in [6, 6.07) is 0.